The number of rotatable bonds is 2. The number of aromatic amines is 1. The first-order chi connectivity index (χ1) is 11.0. The van der Waals surface area contributed by atoms with E-state index in [9.17, 15) is 8.42 Å². The van der Waals surface area contributed by atoms with Crippen molar-refractivity contribution in [2.24, 2.45) is 0 Å². The fourth-order valence-corrected chi connectivity index (χ4v) is 4.16. The molecule has 4 rings (SSSR count). The SMILES string of the molecule is Cc1cnc2n1-c1[nH]ncc1CN2S(=O)(=O)c1ccc(Cl)cc1. The third-order valence-corrected chi connectivity index (χ3v) is 5.77. The molecule has 1 aliphatic rings. The van der Waals surface area contributed by atoms with E-state index in [2.05, 4.69) is 15.2 Å². The van der Waals surface area contributed by atoms with E-state index in [-0.39, 0.29) is 11.4 Å². The molecule has 3 aromatic rings. The smallest absolute Gasteiger partial charge is 0.266 e. The van der Waals surface area contributed by atoms with Crippen LogP contribution in [0.3, 0.4) is 0 Å². The van der Waals surface area contributed by atoms with E-state index in [1.165, 1.54) is 16.4 Å². The van der Waals surface area contributed by atoms with Gasteiger partial charge in [-0.3, -0.25) is 9.67 Å². The minimum absolute atomic E-state index is 0.168. The predicted molar refractivity (Wildman–Crippen MR) is 85.3 cm³/mol. The lowest BCUT2D eigenvalue weighted by molar-refractivity contribution is 0.587. The van der Waals surface area contributed by atoms with Gasteiger partial charge in [0.2, 0.25) is 5.95 Å². The molecular weight excluding hydrogens is 338 g/mol. The summed E-state index contributed by atoms with van der Waals surface area (Å²) in [4.78, 5) is 4.43. The molecule has 0 radical (unpaired) electrons. The molecule has 0 amide bonds. The molecular formula is C14H12ClN5O2S. The van der Waals surface area contributed by atoms with Crippen LogP contribution in [-0.2, 0) is 16.6 Å². The zero-order chi connectivity index (χ0) is 16.2. The molecule has 23 heavy (non-hydrogen) atoms. The number of H-pyrrole nitrogens is 1. The van der Waals surface area contributed by atoms with Crippen molar-refractivity contribution in [2.45, 2.75) is 18.4 Å². The molecule has 0 bridgehead atoms. The Morgan fingerprint density at radius 1 is 1.22 bits per heavy atom. The van der Waals surface area contributed by atoms with Crippen LogP contribution in [0.25, 0.3) is 5.82 Å². The van der Waals surface area contributed by atoms with E-state index in [0.717, 1.165) is 17.1 Å². The number of sulfonamides is 1. The summed E-state index contributed by atoms with van der Waals surface area (Å²) < 4.78 is 29.0. The van der Waals surface area contributed by atoms with Gasteiger partial charge in [-0.1, -0.05) is 11.6 Å². The minimum atomic E-state index is -3.75. The summed E-state index contributed by atoms with van der Waals surface area (Å²) in [5.41, 5.74) is 1.61. The Morgan fingerprint density at radius 2 is 1.96 bits per heavy atom. The van der Waals surface area contributed by atoms with Crippen LogP contribution in [0, 0.1) is 6.92 Å². The van der Waals surface area contributed by atoms with Gasteiger partial charge in [-0.2, -0.15) is 5.10 Å². The van der Waals surface area contributed by atoms with Gasteiger partial charge in [0.25, 0.3) is 10.0 Å². The number of aryl methyl sites for hydroxylation is 1. The molecule has 0 spiro atoms. The summed E-state index contributed by atoms with van der Waals surface area (Å²) in [6, 6.07) is 6.09. The number of anilines is 1. The van der Waals surface area contributed by atoms with Crippen LogP contribution in [0.5, 0.6) is 0 Å². The largest absolute Gasteiger partial charge is 0.266 e. The van der Waals surface area contributed by atoms with Crippen molar-refractivity contribution in [3.63, 3.8) is 0 Å². The normalized spacial score (nSPS) is 13.7. The van der Waals surface area contributed by atoms with Crippen molar-refractivity contribution in [1.82, 2.24) is 19.7 Å². The van der Waals surface area contributed by atoms with Crippen LogP contribution < -0.4 is 4.31 Å². The maximum absolute atomic E-state index is 13.0. The quantitative estimate of drug-likeness (QED) is 0.769. The van der Waals surface area contributed by atoms with Crippen molar-refractivity contribution in [1.29, 1.82) is 0 Å². The molecule has 1 aliphatic heterocycles. The average Bonchev–Trinajstić information content (AvgIpc) is 3.13. The summed E-state index contributed by atoms with van der Waals surface area (Å²) >= 11 is 5.85. The van der Waals surface area contributed by atoms with Crippen molar-refractivity contribution in [3.05, 3.63) is 52.9 Å². The van der Waals surface area contributed by atoms with Gasteiger partial charge in [0, 0.05) is 16.3 Å². The topological polar surface area (TPSA) is 83.9 Å². The fraction of sp³-hybridized carbons (Fsp3) is 0.143. The van der Waals surface area contributed by atoms with Crippen LogP contribution in [-0.4, -0.2) is 28.2 Å². The van der Waals surface area contributed by atoms with Crippen molar-refractivity contribution in [3.8, 4) is 5.82 Å². The Hall–Kier alpha value is -2.32. The van der Waals surface area contributed by atoms with E-state index in [0.29, 0.717) is 11.0 Å². The number of imidazole rings is 1. The summed E-state index contributed by atoms with van der Waals surface area (Å²) in [7, 11) is -3.75. The zero-order valence-electron chi connectivity index (χ0n) is 12.1. The maximum Gasteiger partial charge on any atom is 0.266 e. The lowest BCUT2D eigenvalue weighted by Gasteiger charge is -2.28. The Morgan fingerprint density at radius 3 is 2.70 bits per heavy atom. The minimum Gasteiger partial charge on any atom is -0.266 e. The number of benzene rings is 1. The molecule has 1 N–H and O–H groups in total. The Labute approximate surface area is 137 Å². The Bertz CT molecular complexity index is 991. The van der Waals surface area contributed by atoms with Crippen LogP contribution >= 0.6 is 11.6 Å². The van der Waals surface area contributed by atoms with Gasteiger partial charge in [0.1, 0.15) is 5.82 Å². The highest BCUT2D eigenvalue weighted by molar-refractivity contribution is 7.92. The first-order valence-corrected chi connectivity index (χ1v) is 8.65. The Balaban J connectivity index is 1.89. The average molecular weight is 350 g/mol. The molecule has 0 saturated carbocycles. The molecule has 2 aromatic heterocycles. The summed E-state index contributed by atoms with van der Waals surface area (Å²) in [6.45, 7) is 2.03. The molecule has 118 valence electrons. The molecule has 0 saturated heterocycles. The number of hydrogen-bond donors (Lipinski definition) is 1. The number of nitrogens with zero attached hydrogens (tertiary/aromatic N) is 4. The van der Waals surface area contributed by atoms with E-state index in [4.69, 9.17) is 11.6 Å². The van der Waals surface area contributed by atoms with Crippen molar-refractivity contribution >= 4 is 27.6 Å². The van der Waals surface area contributed by atoms with Crippen LogP contribution in [0.1, 0.15) is 11.3 Å². The van der Waals surface area contributed by atoms with Crippen LogP contribution in [0.4, 0.5) is 5.95 Å². The number of hydrogen-bond acceptors (Lipinski definition) is 4. The first-order valence-electron chi connectivity index (χ1n) is 6.84. The highest BCUT2D eigenvalue weighted by Gasteiger charge is 2.34. The second-order valence-electron chi connectivity index (χ2n) is 5.24. The van der Waals surface area contributed by atoms with Crippen LogP contribution in [0.2, 0.25) is 5.02 Å². The third kappa shape index (κ3) is 2.06. The molecule has 0 aliphatic carbocycles. The van der Waals surface area contributed by atoms with E-state index in [1.807, 2.05) is 6.92 Å². The Kier molecular flexibility index (Phi) is 3.00. The summed E-state index contributed by atoms with van der Waals surface area (Å²) in [6.07, 6.45) is 3.26. The first kappa shape index (κ1) is 14.3. The van der Waals surface area contributed by atoms with Crippen molar-refractivity contribution in [2.75, 3.05) is 4.31 Å². The van der Waals surface area contributed by atoms with E-state index in [1.54, 1.807) is 29.1 Å². The van der Waals surface area contributed by atoms with Gasteiger partial charge in [-0.05, 0) is 31.2 Å². The van der Waals surface area contributed by atoms with E-state index < -0.39 is 10.0 Å². The van der Waals surface area contributed by atoms with Gasteiger partial charge in [-0.25, -0.2) is 17.7 Å². The molecule has 0 atom stereocenters. The molecule has 9 heteroatoms. The highest BCUT2D eigenvalue weighted by Crippen LogP contribution is 2.33. The molecule has 1 aromatic carbocycles. The lowest BCUT2D eigenvalue weighted by Crippen LogP contribution is -2.35. The summed E-state index contributed by atoms with van der Waals surface area (Å²) in [5.74, 6) is 1.09. The molecule has 3 heterocycles. The highest BCUT2D eigenvalue weighted by atomic mass is 35.5. The standard InChI is InChI=1S/C14H12ClN5O2S/c1-9-6-16-14-19(8-10-7-17-18-13(10)20(9)14)23(21,22)12-4-2-11(15)3-5-12/h2-7H,8H2,1H3,(H,17,18). The number of fused-ring (bicyclic) bond motifs is 3. The van der Waals surface area contributed by atoms with Gasteiger partial charge in [-0.15, -0.1) is 0 Å². The zero-order valence-corrected chi connectivity index (χ0v) is 13.6. The molecule has 0 unspecified atom stereocenters. The van der Waals surface area contributed by atoms with E-state index >= 15 is 0 Å². The molecule has 0 fully saturated rings. The summed E-state index contributed by atoms with van der Waals surface area (Å²) in [5, 5.41) is 7.39. The fourth-order valence-electron chi connectivity index (χ4n) is 2.64. The second-order valence-corrected chi connectivity index (χ2v) is 7.54. The number of halogens is 1. The maximum atomic E-state index is 13.0. The van der Waals surface area contributed by atoms with Gasteiger partial charge in [0.15, 0.2) is 0 Å². The molecule has 7 nitrogen and oxygen atoms in total. The third-order valence-electron chi connectivity index (χ3n) is 3.78. The van der Waals surface area contributed by atoms with Gasteiger partial charge >= 0.3 is 0 Å². The second kappa shape index (κ2) is 4.84. The number of aromatic nitrogens is 4. The van der Waals surface area contributed by atoms with Gasteiger partial charge < -0.3 is 0 Å². The van der Waals surface area contributed by atoms with Crippen LogP contribution in [0.15, 0.2) is 41.6 Å². The lowest BCUT2D eigenvalue weighted by atomic mass is 10.3. The van der Waals surface area contributed by atoms with Gasteiger partial charge in [0.05, 0.1) is 23.8 Å². The number of nitrogens with one attached hydrogen (secondary N) is 1. The monoisotopic (exact) mass is 349 g/mol. The van der Waals surface area contributed by atoms with Crippen molar-refractivity contribution < 1.29 is 8.42 Å². The predicted octanol–water partition coefficient (Wildman–Crippen LogP) is 2.27.